The van der Waals surface area contributed by atoms with E-state index in [1.54, 1.807) is 11.3 Å². The van der Waals surface area contributed by atoms with Gasteiger partial charge in [-0.15, -0.1) is 11.3 Å². The highest BCUT2D eigenvalue weighted by Gasteiger charge is 2.26. The SMILES string of the molecule is O=C(c1ccccc1)N1CCC(c2csc3ccc(Cl)cc23)CC1. The molecule has 0 atom stereocenters. The molecule has 4 rings (SSSR count). The van der Waals surface area contributed by atoms with Gasteiger partial charge in [0.2, 0.25) is 0 Å². The fourth-order valence-electron chi connectivity index (χ4n) is 3.49. The molecule has 2 aromatic carbocycles. The molecule has 4 heteroatoms. The molecule has 0 bridgehead atoms. The molecule has 1 amide bonds. The molecule has 1 fully saturated rings. The summed E-state index contributed by atoms with van der Waals surface area (Å²) in [5.41, 5.74) is 2.17. The number of nitrogens with zero attached hydrogens (tertiary/aromatic N) is 1. The number of halogens is 1. The van der Waals surface area contributed by atoms with Gasteiger partial charge in [-0.05, 0) is 65.4 Å². The number of thiophene rings is 1. The van der Waals surface area contributed by atoms with Crippen molar-refractivity contribution in [1.82, 2.24) is 4.90 Å². The van der Waals surface area contributed by atoms with Gasteiger partial charge in [-0.2, -0.15) is 0 Å². The lowest BCUT2D eigenvalue weighted by Gasteiger charge is -2.32. The summed E-state index contributed by atoms with van der Waals surface area (Å²) >= 11 is 7.95. The average molecular weight is 356 g/mol. The normalized spacial score (nSPS) is 15.8. The van der Waals surface area contributed by atoms with Gasteiger partial charge in [0.25, 0.3) is 5.91 Å². The van der Waals surface area contributed by atoms with E-state index in [1.165, 1.54) is 15.6 Å². The van der Waals surface area contributed by atoms with Crippen LogP contribution in [0.5, 0.6) is 0 Å². The van der Waals surface area contributed by atoms with E-state index in [1.807, 2.05) is 41.3 Å². The average Bonchev–Trinajstić information content (AvgIpc) is 3.05. The highest BCUT2D eigenvalue weighted by atomic mass is 35.5. The van der Waals surface area contributed by atoms with Crippen molar-refractivity contribution >= 4 is 38.9 Å². The van der Waals surface area contributed by atoms with Crippen LogP contribution >= 0.6 is 22.9 Å². The quantitative estimate of drug-likeness (QED) is 0.588. The Kier molecular flexibility index (Phi) is 4.30. The molecular weight excluding hydrogens is 338 g/mol. The first-order valence-corrected chi connectivity index (χ1v) is 9.49. The number of rotatable bonds is 2. The molecule has 24 heavy (non-hydrogen) atoms. The summed E-state index contributed by atoms with van der Waals surface area (Å²) in [6, 6.07) is 15.7. The fourth-order valence-corrected chi connectivity index (χ4v) is 4.69. The molecule has 3 aromatic rings. The van der Waals surface area contributed by atoms with Crippen molar-refractivity contribution < 1.29 is 4.79 Å². The van der Waals surface area contributed by atoms with Crippen LogP contribution in [0.3, 0.4) is 0 Å². The number of fused-ring (bicyclic) bond motifs is 1. The van der Waals surface area contributed by atoms with Crippen LogP contribution < -0.4 is 0 Å². The summed E-state index contributed by atoms with van der Waals surface area (Å²) in [6.45, 7) is 1.63. The molecule has 0 aliphatic carbocycles. The van der Waals surface area contributed by atoms with Gasteiger partial charge in [0, 0.05) is 28.4 Å². The highest BCUT2D eigenvalue weighted by molar-refractivity contribution is 7.17. The summed E-state index contributed by atoms with van der Waals surface area (Å²) in [5.74, 6) is 0.657. The van der Waals surface area contributed by atoms with Crippen LogP contribution in [-0.2, 0) is 0 Å². The molecule has 2 heterocycles. The molecule has 1 aromatic heterocycles. The van der Waals surface area contributed by atoms with E-state index in [0.717, 1.165) is 36.5 Å². The molecule has 0 spiro atoms. The molecule has 0 radical (unpaired) electrons. The zero-order valence-corrected chi connectivity index (χ0v) is 14.8. The first-order chi connectivity index (χ1) is 11.7. The van der Waals surface area contributed by atoms with Crippen LogP contribution in [0.4, 0.5) is 0 Å². The Hall–Kier alpha value is -1.84. The van der Waals surface area contributed by atoms with E-state index in [0.29, 0.717) is 5.92 Å². The third-order valence-electron chi connectivity index (χ3n) is 4.81. The number of amides is 1. The van der Waals surface area contributed by atoms with Crippen molar-refractivity contribution in [3.05, 3.63) is 70.1 Å². The second kappa shape index (κ2) is 6.58. The minimum Gasteiger partial charge on any atom is -0.339 e. The van der Waals surface area contributed by atoms with Crippen LogP contribution in [-0.4, -0.2) is 23.9 Å². The first kappa shape index (κ1) is 15.7. The zero-order valence-electron chi connectivity index (χ0n) is 13.2. The second-order valence-electron chi connectivity index (χ2n) is 6.26. The van der Waals surface area contributed by atoms with Gasteiger partial charge in [-0.25, -0.2) is 0 Å². The Morgan fingerprint density at radius 1 is 1.08 bits per heavy atom. The smallest absolute Gasteiger partial charge is 0.253 e. The predicted octanol–water partition coefficient (Wildman–Crippen LogP) is 5.57. The van der Waals surface area contributed by atoms with Crippen molar-refractivity contribution in [1.29, 1.82) is 0 Å². The van der Waals surface area contributed by atoms with E-state index >= 15 is 0 Å². The number of carbonyl (C=O) groups excluding carboxylic acids is 1. The first-order valence-electron chi connectivity index (χ1n) is 8.23. The second-order valence-corrected chi connectivity index (χ2v) is 7.61. The van der Waals surface area contributed by atoms with E-state index in [9.17, 15) is 4.79 Å². The van der Waals surface area contributed by atoms with Gasteiger partial charge >= 0.3 is 0 Å². The summed E-state index contributed by atoms with van der Waals surface area (Å²) < 4.78 is 1.29. The minimum absolute atomic E-state index is 0.146. The van der Waals surface area contributed by atoms with Crippen LogP contribution in [0.15, 0.2) is 53.9 Å². The van der Waals surface area contributed by atoms with Gasteiger partial charge in [-0.1, -0.05) is 29.8 Å². The molecular formula is C20H18ClNOS. The van der Waals surface area contributed by atoms with Crippen LogP contribution in [0.1, 0.15) is 34.7 Å². The van der Waals surface area contributed by atoms with Crippen molar-refractivity contribution in [2.24, 2.45) is 0 Å². The van der Waals surface area contributed by atoms with E-state index in [2.05, 4.69) is 17.5 Å². The van der Waals surface area contributed by atoms with E-state index < -0.39 is 0 Å². The van der Waals surface area contributed by atoms with E-state index in [-0.39, 0.29) is 5.91 Å². The lowest BCUT2D eigenvalue weighted by atomic mass is 9.89. The molecule has 1 saturated heterocycles. The summed E-state index contributed by atoms with van der Waals surface area (Å²) in [7, 11) is 0. The van der Waals surface area contributed by atoms with E-state index in [4.69, 9.17) is 11.6 Å². The molecule has 0 unspecified atom stereocenters. The third kappa shape index (κ3) is 2.94. The Morgan fingerprint density at radius 2 is 1.83 bits per heavy atom. The third-order valence-corrected chi connectivity index (χ3v) is 6.03. The van der Waals surface area contributed by atoms with Gasteiger partial charge in [0.15, 0.2) is 0 Å². The number of likely N-dealkylation sites (tertiary alicyclic amines) is 1. The minimum atomic E-state index is 0.146. The van der Waals surface area contributed by atoms with Crippen molar-refractivity contribution in [2.75, 3.05) is 13.1 Å². The largest absolute Gasteiger partial charge is 0.339 e. The summed E-state index contributed by atoms with van der Waals surface area (Å²) in [4.78, 5) is 14.5. The summed E-state index contributed by atoms with van der Waals surface area (Å²) in [5, 5.41) is 4.33. The maximum Gasteiger partial charge on any atom is 0.253 e. The molecule has 0 saturated carbocycles. The Morgan fingerprint density at radius 3 is 2.58 bits per heavy atom. The zero-order chi connectivity index (χ0) is 16.5. The van der Waals surface area contributed by atoms with Gasteiger partial charge in [0.1, 0.15) is 0 Å². The molecule has 1 aliphatic heterocycles. The van der Waals surface area contributed by atoms with Crippen LogP contribution in [0.2, 0.25) is 5.02 Å². The van der Waals surface area contributed by atoms with Gasteiger partial charge in [-0.3, -0.25) is 4.79 Å². The Labute approximate surface area is 150 Å². The van der Waals surface area contributed by atoms with Crippen molar-refractivity contribution in [3.63, 3.8) is 0 Å². The van der Waals surface area contributed by atoms with Crippen molar-refractivity contribution in [3.8, 4) is 0 Å². The number of hydrogen-bond acceptors (Lipinski definition) is 2. The number of benzene rings is 2. The van der Waals surface area contributed by atoms with Gasteiger partial charge < -0.3 is 4.90 Å². The predicted molar refractivity (Wildman–Crippen MR) is 101 cm³/mol. The monoisotopic (exact) mass is 355 g/mol. The lowest BCUT2D eigenvalue weighted by molar-refractivity contribution is 0.0713. The number of carbonyl (C=O) groups is 1. The number of piperidine rings is 1. The van der Waals surface area contributed by atoms with Crippen molar-refractivity contribution in [2.45, 2.75) is 18.8 Å². The van der Waals surface area contributed by atoms with Gasteiger partial charge in [0.05, 0.1) is 0 Å². The fraction of sp³-hybridized carbons (Fsp3) is 0.250. The maximum atomic E-state index is 12.6. The molecule has 1 aliphatic rings. The van der Waals surface area contributed by atoms with Crippen LogP contribution in [0.25, 0.3) is 10.1 Å². The molecule has 2 nitrogen and oxygen atoms in total. The highest BCUT2D eigenvalue weighted by Crippen LogP contribution is 2.37. The topological polar surface area (TPSA) is 20.3 Å². The summed E-state index contributed by atoms with van der Waals surface area (Å²) in [6.07, 6.45) is 2.02. The molecule has 122 valence electrons. The standard InChI is InChI=1S/C20H18ClNOS/c21-16-6-7-19-17(12-16)18(13-24-19)14-8-10-22(11-9-14)20(23)15-4-2-1-3-5-15/h1-7,12-14H,8-11H2. The Balaban J connectivity index is 1.49. The molecule has 0 N–H and O–H groups in total. The van der Waals surface area contributed by atoms with Crippen LogP contribution in [0, 0.1) is 0 Å². The maximum absolute atomic E-state index is 12.6. The lowest BCUT2D eigenvalue weighted by Crippen LogP contribution is -2.37. The Bertz CT molecular complexity index is 866. The number of hydrogen-bond donors (Lipinski definition) is 0.